The fraction of sp³-hybridized carbons (Fsp3) is 1.00. The van der Waals surface area contributed by atoms with Crippen molar-refractivity contribution in [1.82, 2.24) is 26.6 Å². The largest absolute Gasteiger partial charge is 0.380 e. The standard InChI is InChI=1S/C12H26N2O4.C7H16N2.C7H15NO.C6H12S3.3CH4/c1-5-15-9-10-17-7-3-14-4-8-18-12-11-16-6-2-13-1;1-2-4-8-6-7-9-5-3-1;1-2-4-8-5-7-9-6-3-1;1-2-4-7-6-9-8-5-3-1;;;/h13-14H,1-12H2;8-9H,1-7H2;8H,1-7H2;1-6H2;3*1H4. The quantitative estimate of drug-likeness (QED) is 0.201. The van der Waals surface area contributed by atoms with Crippen molar-refractivity contribution in [3.8, 4) is 0 Å². The first kappa shape index (κ1) is 53.0. The first-order valence-electron chi connectivity index (χ1n) is 17.7. The molecule has 4 saturated heterocycles. The van der Waals surface area contributed by atoms with Crippen LogP contribution < -0.4 is 26.6 Å². The number of hydrogen-bond acceptors (Lipinski definition) is 13. The summed E-state index contributed by atoms with van der Waals surface area (Å²) in [6.07, 6.45) is 12.2. The van der Waals surface area contributed by atoms with E-state index < -0.39 is 0 Å². The van der Waals surface area contributed by atoms with E-state index in [1.807, 2.05) is 21.6 Å². The highest BCUT2D eigenvalue weighted by molar-refractivity contribution is 8.78. The van der Waals surface area contributed by atoms with Crippen molar-refractivity contribution < 1.29 is 23.7 Å². The molecule has 0 radical (unpaired) electrons. The van der Waals surface area contributed by atoms with E-state index in [2.05, 4.69) is 38.3 Å². The Morgan fingerprint density at radius 3 is 1.17 bits per heavy atom. The van der Waals surface area contributed by atoms with Crippen LogP contribution in [0.25, 0.3) is 0 Å². The Morgan fingerprint density at radius 2 is 0.667 bits per heavy atom. The number of hydrogen-bond donors (Lipinski definition) is 5. The lowest BCUT2D eigenvalue weighted by Crippen LogP contribution is -2.27. The van der Waals surface area contributed by atoms with Gasteiger partial charge in [0.1, 0.15) is 0 Å². The molecule has 10 nitrogen and oxygen atoms in total. The normalized spacial score (nSPS) is 22.5. The first-order valence-corrected chi connectivity index (χ1v) is 21.4. The summed E-state index contributed by atoms with van der Waals surface area (Å²) < 4.78 is 26.9. The van der Waals surface area contributed by atoms with Crippen molar-refractivity contribution in [3.63, 3.8) is 0 Å². The maximum atomic E-state index is 5.41. The smallest absolute Gasteiger partial charge is 0.0701 e. The van der Waals surface area contributed by atoms with Crippen molar-refractivity contribution in [2.45, 2.75) is 80.1 Å². The summed E-state index contributed by atoms with van der Waals surface area (Å²) in [6, 6.07) is 0. The van der Waals surface area contributed by atoms with Crippen LogP contribution in [0.5, 0.6) is 0 Å². The summed E-state index contributed by atoms with van der Waals surface area (Å²) in [4.78, 5) is 0. The SMILES string of the molecule is C.C.C.C1CCNCCNCC1.C1CCNCCOCC1.C1CCSCSSCC1.C1COCCOCCNCCOCCOCCN1. The third kappa shape index (κ3) is 46.6. The van der Waals surface area contributed by atoms with Gasteiger partial charge in [-0.2, -0.15) is 11.8 Å². The van der Waals surface area contributed by atoms with E-state index >= 15 is 0 Å². The molecular weight excluding hydrogens is 667 g/mol. The van der Waals surface area contributed by atoms with Crippen molar-refractivity contribution in [2.24, 2.45) is 0 Å². The fourth-order valence-electron chi connectivity index (χ4n) is 4.30. The van der Waals surface area contributed by atoms with Gasteiger partial charge in [0, 0.05) is 63.3 Å². The Labute approximate surface area is 310 Å². The van der Waals surface area contributed by atoms with E-state index in [1.54, 1.807) is 0 Å². The van der Waals surface area contributed by atoms with Gasteiger partial charge in [-0.05, 0) is 70.3 Å². The topological polar surface area (TPSA) is 106 Å². The molecule has 0 saturated carbocycles. The monoisotopic (exact) mass is 748 g/mol. The highest BCUT2D eigenvalue weighted by Gasteiger charge is 1.98. The maximum Gasteiger partial charge on any atom is 0.0701 e. The van der Waals surface area contributed by atoms with Crippen LogP contribution in [0.1, 0.15) is 80.1 Å². The van der Waals surface area contributed by atoms with Crippen molar-refractivity contribution in [1.29, 1.82) is 0 Å². The molecule has 4 fully saturated rings. The average molecular weight is 748 g/mol. The predicted molar refractivity (Wildman–Crippen MR) is 218 cm³/mol. The maximum absolute atomic E-state index is 5.41. The molecule has 0 aromatic carbocycles. The van der Waals surface area contributed by atoms with E-state index in [0.717, 1.165) is 59.0 Å². The Balaban J connectivity index is -0.000000582. The molecule has 13 heteroatoms. The van der Waals surface area contributed by atoms with Crippen LogP contribution in [0.2, 0.25) is 0 Å². The molecule has 5 N–H and O–H groups in total. The number of rotatable bonds is 0. The van der Waals surface area contributed by atoms with E-state index in [0.29, 0.717) is 52.9 Å². The molecule has 0 unspecified atom stereocenters. The van der Waals surface area contributed by atoms with Gasteiger partial charge in [-0.25, -0.2) is 0 Å². The summed E-state index contributed by atoms with van der Waals surface area (Å²) in [5.74, 6) is 2.75. The van der Waals surface area contributed by atoms with Crippen molar-refractivity contribution in [3.05, 3.63) is 0 Å². The molecule has 0 aliphatic carbocycles. The highest BCUT2D eigenvalue weighted by atomic mass is 33.1. The minimum Gasteiger partial charge on any atom is -0.380 e. The third-order valence-electron chi connectivity index (χ3n) is 6.92. The van der Waals surface area contributed by atoms with Gasteiger partial charge in [-0.15, -0.1) is 0 Å². The van der Waals surface area contributed by atoms with E-state index in [4.69, 9.17) is 23.7 Å². The lowest BCUT2D eigenvalue weighted by atomic mass is 10.2. The molecule has 0 spiro atoms. The summed E-state index contributed by atoms with van der Waals surface area (Å²) in [6.45, 7) is 17.6. The minimum absolute atomic E-state index is 0. The van der Waals surface area contributed by atoms with E-state index in [1.165, 1.54) is 94.0 Å². The second-order valence-corrected chi connectivity index (χ2v) is 15.0. The second-order valence-electron chi connectivity index (χ2n) is 11.0. The number of nitrogens with one attached hydrogen (secondary N) is 5. The molecule has 48 heavy (non-hydrogen) atoms. The second kappa shape index (κ2) is 49.8. The number of thioether (sulfide) groups is 1. The molecule has 4 heterocycles. The first-order chi connectivity index (χ1) is 22.5. The van der Waals surface area contributed by atoms with Gasteiger partial charge in [0.2, 0.25) is 0 Å². The Morgan fingerprint density at radius 1 is 0.292 bits per heavy atom. The van der Waals surface area contributed by atoms with Gasteiger partial charge >= 0.3 is 0 Å². The van der Waals surface area contributed by atoms with Crippen LogP contribution in [0, 0.1) is 0 Å². The molecule has 0 atom stereocenters. The Hall–Kier alpha value is 0.650. The highest BCUT2D eigenvalue weighted by Crippen LogP contribution is 2.29. The van der Waals surface area contributed by atoms with Crippen molar-refractivity contribution >= 4 is 33.3 Å². The Kier molecular flexibility index (Phi) is 55.0. The van der Waals surface area contributed by atoms with Gasteiger partial charge in [-0.1, -0.05) is 56.7 Å². The minimum atomic E-state index is 0. The molecule has 0 aromatic heterocycles. The van der Waals surface area contributed by atoms with E-state index in [-0.39, 0.29) is 22.3 Å². The summed E-state index contributed by atoms with van der Waals surface area (Å²) in [5.41, 5.74) is 0. The zero-order valence-electron chi connectivity index (χ0n) is 28.4. The molecule has 0 bridgehead atoms. The van der Waals surface area contributed by atoms with Crippen molar-refractivity contribution in [2.75, 3.05) is 148 Å². The zero-order valence-corrected chi connectivity index (χ0v) is 30.8. The molecule has 0 amide bonds. The molecule has 4 aliphatic rings. The van der Waals surface area contributed by atoms with Gasteiger partial charge in [0.15, 0.2) is 0 Å². The molecule has 4 rings (SSSR count). The lowest BCUT2D eigenvalue weighted by molar-refractivity contribution is 0.0383. The predicted octanol–water partition coefficient (Wildman–Crippen LogP) is 5.52. The van der Waals surface area contributed by atoms with E-state index in [9.17, 15) is 0 Å². The molecular formula is C35H81N5O5S3. The zero-order chi connectivity index (χ0) is 31.8. The lowest BCUT2D eigenvalue weighted by Gasteiger charge is -2.10. The molecule has 4 aliphatic heterocycles. The van der Waals surface area contributed by atoms with Gasteiger partial charge in [0.05, 0.1) is 59.5 Å². The van der Waals surface area contributed by atoms with Gasteiger partial charge in [0.25, 0.3) is 0 Å². The summed E-state index contributed by atoms with van der Waals surface area (Å²) >= 11 is 2.08. The molecule has 0 aromatic rings. The fourth-order valence-corrected chi connectivity index (χ4v) is 8.10. The van der Waals surface area contributed by atoms with Crippen LogP contribution in [0.4, 0.5) is 0 Å². The van der Waals surface area contributed by atoms with Gasteiger partial charge < -0.3 is 50.3 Å². The van der Waals surface area contributed by atoms with Crippen LogP contribution in [0.3, 0.4) is 0 Å². The van der Waals surface area contributed by atoms with Gasteiger partial charge in [-0.3, -0.25) is 0 Å². The average Bonchev–Trinajstić information content (AvgIpc) is 3.41. The number of ether oxygens (including phenoxy) is 5. The van der Waals surface area contributed by atoms with Crippen LogP contribution in [-0.4, -0.2) is 148 Å². The molecule has 294 valence electrons. The Bertz CT molecular complexity index is 351. The summed E-state index contributed by atoms with van der Waals surface area (Å²) in [7, 11) is 4.06. The van der Waals surface area contributed by atoms with Crippen LogP contribution >= 0.6 is 33.3 Å². The summed E-state index contributed by atoms with van der Waals surface area (Å²) in [5, 5.41) is 17.8. The van der Waals surface area contributed by atoms with Crippen LogP contribution in [-0.2, 0) is 23.7 Å². The third-order valence-corrected chi connectivity index (χ3v) is 11.0. The van der Waals surface area contributed by atoms with Crippen LogP contribution in [0.15, 0.2) is 0 Å².